The molecule has 0 spiro atoms. The highest BCUT2D eigenvalue weighted by Gasteiger charge is 2.34. The zero-order valence-electron chi connectivity index (χ0n) is 8.42. The number of nitrogens with one attached hydrogen (secondary N) is 1. The highest BCUT2D eigenvalue weighted by atomic mass is 16.6. The maximum absolute atomic E-state index is 11.1. The molecule has 1 N–H and O–H groups in total. The molecule has 0 aliphatic carbocycles. The van der Waals surface area contributed by atoms with E-state index in [-0.39, 0.29) is 0 Å². The Kier molecular flexibility index (Phi) is 2.28. The van der Waals surface area contributed by atoms with Crippen LogP contribution in [0.3, 0.4) is 0 Å². The Morgan fingerprint density at radius 2 is 2.00 bits per heavy atom. The van der Waals surface area contributed by atoms with Crippen molar-refractivity contribution in [2.45, 2.75) is 39.0 Å². The second kappa shape index (κ2) is 2.97. The van der Waals surface area contributed by atoms with Crippen molar-refractivity contribution >= 4 is 6.09 Å². The van der Waals surface area contributed by atoms with E-state index < -0.39 is 17.4 Å². The van der Waals surface area contributed by atoms with Crippen molar-refractivity contribution in [3.8, 4) is 0 Å². The van der Waals surface area contributed by atoms with Gasteiger partial charge in [0, 0.05) is 0 Å². The average molecular weight is 185 g/mol. The van der Waals surface area contributed by atoms with Gasteiger partial charge < -0.3 is 10.1 Å². The Morgan fingerprint density at radius 1 is 1.46 bits per heavy atom. The van der Waals surface area contributed by atoms with Crippen LogP contribution in [-0.2, 0) is 4.74 Å². The molecule has 0 atom stereocenters. The van der Waals surface area contributed by atoms with Crippen molar-refractivity contribution in [2.24, 2.45) is 10.2 Å². The molecule has 0 aromatic rings. The van der Waals surface area contributed by atoms with E-state index in [0.717, 1.165) is 0 Å². The minimum Gasteiger partial charge on any atom is -0.444 e. The lowest BCUT2D eigenvalue weighted by atomic mass is 10.2. The van der Waals surface area contributed by atoms with Gasteiger partial charge in [-0.15, -0.1) is 0 Å². The number of amides is 1. The lowest BCUT2D eigenvalue weighted by Gasteiger charge is -2.19. The topological polar surface area (TPSA) is 63.0 Å². The normalized spacial score (nSPS) is 18.2. The number of carbonyl (C=O) groups is 1. The summed E-state index contributed by atoms with van der Waals surface area (Å²) in [6.07, 6.45) is -0.425. The highest BCUT2D eigenvalue weighted by molar-refractivity contribution is 5.67. The van der Waals surface area contributed by atoms with Crippen molar-refractivity contribution < 1.29 is 9.53 Å². The first-order chi connectivity index (χ1) is 5.81. The van der Waals surface area contributed by atoms with Gasteiger partial charge in [0.1, 0.15) is 5.60 Å². The molecule has 0 fully saturated rings. The van der Waals surface area contributed by atoms with Crippen LogP contribution >= 0.6 is 0 Å². The van der Waals surface area contributed by atoms with Crippen LogP contribution in [0.1, 0.15) is 27.7 Å². The molecule has 1 aliphatic heterocycles. The van der Waals surface area contributed by atoms with Gasteiger partial charge in [0.2, 0.25) is 5.66 Å². The van der Waals surface area contributed by atoms with Gasteiger partial charge >= 0.3 is 6.09 Å². The molecule has 13 heavy (non-hydrogen) atoms. The predicted molar refractivity (Wildman–Crippen MR) is 47.5 cm³/mol. The highest BCUT2D eigenvalue weighted by Crippen LogP contribution is 2.25. The fourth-order valence-electron chi connectivity index (χ4n) is 0.710. The Bertz CT molecular complexity index is 236. The number of alkyl carbamates (subject to hydrolysis) is 1. The van der Waals surface area contributed by atoms with Gasteiger partial charge in [0.05, 0.1) is 6.54 Å². The summed E-state index contributed by atoms with van der Waals surface area (Å²) >= 11 is 0. The molecule has 0 radical (unpaired) electrons. The summed E-state index contributed by atoms with van der Waals surface area (Å²) in [6, 6.07) is 0. The maximum Gasteiger partial charge on any atom is 0.407 e. The van der Waals surface area contributed by atoms with E-state index in [2.05, 4.69) is 15.5 Å². The Hall–Kier alpha value is -1.13. The molecule has 0 saturated carbocycles. The monoisotopic (exact) mass is 185 g/mol. The SMILES string of the molecule is CC1(CNC(=O)OC(C)(C)C)N=N1. The maximum atomic E-state index is 11.1. The fourth-order valence-corrected chi connectivity index (χ4v) is 0.710. The predicted octanol–water partition coefficient (Wildman–Crippen LogP) is 1.69. The molecule has 1 aliphatic rings. The third kappa shape index (κ3) is 3.87. The number of rotatable bonds is 2. The minimum atomic E-state index is -0.456. The Labute approximate surface area is 77.6 Å². The number of hydrogen-bond acceptors (Lipinski definition) is 4. The molecular weight excluding hydrogens is 170 g/mol. The third-order valence-electron chi connectivity index (χ3n) is 1.41. The molecule has 74 valence electrons. The standard InChI is InChI=1S/C8H15N3O2/c1-7(2,3)13-6(12)9-5-8(4)10-11-8/h5H2,1-4H3,(H,9,12). The van der Waals surface area contributed by atoms with E-state index in [0.29, 0.717) is 6.54 Å². The quantitative estimate of drug-likeness (QED) is 0.711. The second-order valence-corrected chi connectivity index (χ2v) is 4.27. The number of nitrogens with zero attached hydrogens (tertiary/aromatic N) is 2. The molecule has 0 bridgehead atoms. The van der Waals surface area contributed by atoms with Gasteiger partial charge in [-0.1, -0.05) is 0 Å². The summed E-state index contributed by atoms with van der Waals surface area (Å²) in [6.45, 7) is 7.70. The van der Waals surface area contributed by atoms with Gasteiger partial charge in [0.15, 0.2) is 0 Å². The number of carbonyl (C=O) groups excluding carboxylic acids is 1. The summed E-state index contributed by atoms with van der Waals surface area (Å²) in [5, 5.41) is 10.1. The van der Waals surface area contributed by atoms with Crippen molar-refractivity contribution in [1.29, 1.82) is 0 Å². The lowest BCUT2D eigenvalue weighted by Crippen LogP contribution is -2.37. The Morgan fingerprint density at radius 3 is 2.38 bits per heavy atom. The van der Waals surface area contributed by atoms with Crippen LogP contribution < -0.4 is 5.32 Å². The lowest BCUT2D eigenvalue weighted by molar-refractivity contribution is 0.0522. The van der Waals surface area contributed by atoms with Crippen LogP contribution in [0.5, 0.6) is 0 Å². The zero-order valence-corrected chi connectivity index (χ0v) is 8.42. The van der Waals surface area contributed by atoms with Crippen LogP contribution in [0.25, 0.3) is 0 Å². The summed E-state index contributed by atoms with van der Waals surface area (Å²) in [4.78, 5) is 11.1. The first-order valence-electron chi connectivity index (χ1n) is 4.22. The van der Waals surface area contributed by atoms with E-state index in [1.54, 1.807) is 0 Å². The molecule has 0 aromatic heterocycles. The van der Waals surface area contributed by atoms with Crippen LogP contribution in [0.4, 0.5) is 4.79 Å². The molecule has 5 nitrogen and oxygen atoms in total. The number of hydrogen-bond donors (Lipinski definition) is 1. The fraction of sp³-hybridized carbons (Fsp3) is 0.875. The summed E-state index contributed by atoms with van der Waals surface area (Å²) in [7, 11) is 0. The van der Waals surface area contributed by atoms with Gasteiger partial charge in [-0.05, 0) is 27.7 Å². The van der Waals surface area contributed by atoms with Gasteiger partial charge in [-0.25, -0.2) is 4.79 Å². The van der Waals surface area contributed by atoms with E-state index in [1.165, 1.54) is 0 Å². The Balaban J connectivity index is 2.18. The summed E-state index contributed by atoms with van der Waals surface area (Å²) in [5.74, 6) is 0. The van der Waals surface area contributed by atoms with Crippen LogP contribution in [-0.4, -0.2) is 23.9 Å². The minimum absolute atomic E-state index is 0.405. The zero-order chi connectivity index (χ0) is 10.1. The van der Waals surface area contributed by atoms with E-state index in [1.807, 2.05) is 27.7 Å². The van der Waals surface area contributed by atoms with E-state index in [9.17, 15) is 4.79 Å². The van der Waals surface area contributed by atoms with Crippen LogP contribution in [0, 0.1) is 0 Å². The molecule has 0 saturated heterocycles. The molecule has 1 amide bonds. The molecule has 1 rings (SSSR count). The van der Waals surface area contributed by atoms with Crippen LogP contribution in [0.15, 0.2) is 10.2 Å². The van der Waals surface area contributed by atoms with Crippen molar-refractivity contribution in [3.05, 3.63) is 0 Å². The third-order valence-corrected chi connectivity index (χ3v) is 1.41. The summed E-state index contributed by atoms with van der Waals surface area (Å²) in [5.41, 5.74) is -0.861. The molecular formula is C8H15N3O2. The van der Waals surface area contributed by atoms with Crippen molar-refractivity contribution in [1.82, 2.24) is 5.32 Å². The molecule has 1 heterocycles. The number of ether oxygens (including phenoxy) is 1. The first kappa shape index (κ1) is 9.95. The molecule has 0 unspecified atom stereocenters. The summed E-state index contributed by atoms with van der Waals surface area (Å²) < 4.78 is 5.03. The van der Waals surface area contributed by atoms with E-state index >= 15 is 0 Å². The van der Waals surface area contributed by atoms with E-state index in [4.69, 9.17) is 4.74 Å². The molecule has 0 aromatic carbocycles. The molecule has 5 heteroatoms. The van der Waals surface area contributed by atoms with Gasteiger partial charge in [-0.3, -0.25) is 0 Å². The largest absolute Gasteiger partial charge is 0.444 e. The van der Waals surface area contributed by atoms with Crippen molar-refractivity contribution in [3.63, 3.8) is 0 Å². The van der Waals surface area contributed by atoms with Crippen molar-refractivity contribution in [2.75, 3.05) is 6.54 Å². The van der Waals surface area contributed by atoms with Gasteiger partial charge in [-0.2, -0.15) is 10.2 Å². The first-order valence-corrected chi connectivity index (χ1v) is 4.22. The van der Waals surface area contributed by atoms with Crippen LogP contribution in [0.2, 0.25) is 0 Å². The average Bonchev–Trinajstić information content (AvgIpc) is 2.62. The second-order valence-electron chi connectivity index (χ2n) is 4.27. The van der Waals surface area contributed by atoms with Gasteiger partial charge in [0.25, 0.3) is 0 Å². The smallest absolute Gasteiger partial charge is 0.407 e.